The van der Waals surface area contributed by atoms with Gasteiger partial charge < -0.3 is 26.0 Å². The Morgan fingerprint density at radius 1 is 1.14 bits per heavy atom. The molecule has 194 valence electrons. The number of aromatic amines is 1. The van der Waals surface area contributed by atoms with Gasteiger partial charge >= 0.3 is 0 Å². The van der Waals surface area contributed by atoms with Crippen molar-refractivity contribution in [3.05, 3.63) is 70.0 Å². The molecule has 3 heterocycles. The maximum atomic E-state index is 10.5. The number of H-pyrrole nitrogens is 1. The number of aromatic nitrogens is 1. The molecule has 1 aliphatic carbocycles. The molecule has 7 nitrogen and oxygen atoms in total. The van der Waals surface area contributed by atoms with E-state index < -0.39 is 5.66 Å². The van der Waals surface area contributed by atoms with Crippen LogP contribution in [0, 0.1) is 6.92 Å². The van der Waals surface area contributed by atoms with Crippen LogP contribution in [-0.4, -0.2) is 46.5 Å². The first-order valence-electron chi connectivity index (χ1n) is 13.2. The highest BCUT2D eigenvalue weighted by molar-refractivity contribution is 6.31. The number of halogens is 1. The van der Waals surface area contributed by atoms with Crippen LogP contribution in [0.3, 0.4) is 0 Å². The fourth-order valence-electron chi connectivity index (χ4n) is 5.90. The average molecular weight is 519 g/mol. The van der Waals surface area contributed by atoms with Crippen molar-refractivity contribution < 1.29 is 5.11 Å². The zero-order chi connectivity index (χ0) is 25.7. The number of hydrogen-bond donors (Lipinski definition) is 5. The summed E-state index contributed by atoms with van der Waals surface area (Å²) in [5.41, 5.74) is 5.25. The molecule has 8 heteroatoms. The van der Waals surface area contributed by atoms with Crippen LogP contribution in [0.15, 0.2) is 52.8 Å². The lowest BCUT2D eigenvalue weighted by Crippen LogP contribution is -2.53. The van der Waals surface area contributed by atoms with E-state index in [1.807, 2.05) is 19.2 Å². The van der Waals surface area contributed by atoms with Crippen LogP contribution in [-0.2, 0) is 12.2 Å². The Morgan fingerprint density at radius 2 is 1.92 bits per heavy atom. The maximum absolute atomic E-state index is 10.5. The normalized spacial score (nSPS) is 26.2. The highest BCUT2D eigenvalue weighted by atomic mass is 35.5. The van der Waals surface area contributed by atoms with Crippen LogP contribution in [0.2, 0.25) is 0 Å². The van der Waals surface area contributed by atoms with Gasteiger partial charge in [-0.05, 0) is 80.5 Å². The third-order valence-corrected chi connectivity index (χ3v) is 8.09. The number of aryl methyl sites for hydroxylation is 1. The monoisotopic (exact) mass is 518 g/mol. The van der Waals surface area contributed by atoms with Gasteiger partial charge in [0.05, 0.1) is 11.4 Å². The predicted molar refractivity (Wildman–Crippen MR) is 151 cm³/mol. The second-order valence-corrected chi connectivity index (χ2v) is 11.4. The Balaban J connectivity index is 1.40. The predicted octanol–water partition coefficient (Wildman–Crippen LogP) is 5.22. The van der Waals surface area contributed by atoms with Gasteiger partial charge in [-0.15, -0.1) is 0 Å². The first kappa shape index (κ1) is 24.3. The van der Waals surface area contributed by atoms with E-state index in [4.69, 9.17) is 16.6 Å². The standard InChI is InChI=1S/C29H35ClN6O/c1-17-6-26-24(10-27(17)37)25(11-32-26)29(28(30)12-31-16-33-29)35-23-8-20(7-22(9-23)21-4-5-21)15-36-13-18(2)34-19(3)14-36/h6-12,16,18-19,21,32,34-35,37H,4-5,13-15H2,1-3H3,(H,31,33)/t18-,19+,29?. The molecule has 2 aliphatic heterocycles. The van der Waals surface area contributed by atoms with E-state index in [1.165, 1.54) is 24.0 Å². The first-order chi connectivity index (χ1) is 17.8. The van der Waals surface area contributed by atoms with Crippen molar-refractivity contribution in [2.45, 2.75) is 63.8 Å². The summed E-state index contributed by atoms with van der Waals surface area (Å²) in [5.74, 6) is 0.867. The number of fused-ring (bicyclic) bond motifs is 1. The molecule has 2 fully saturated rings. The minimum Gasteiger partial charge on any atom is -0.508 e. The second-order valence-electron chi connectivity index (χ2n) is 11.0. The van der Waals surface area contributed by atoms with Crippen molar-refractivity contribution in [3.63, 3.8) is 0 Å². The summed E-state index contributed by atoms with van der Waals surface area (Å²) in [7, 11) is 0. The largest absolute Gasteiger partial charge is 0.508 e. The molecule has 0 radical (unpaired) electrons. The Morgan fingerprint density at radius 3 is 2.65 bits per heavy atom. The molecule has 6 rings (SSSR count). The van der Waals surface area contributed by atoms with Gasteiger partial charge in [0, 0.05) is 66.3 Å². The van der Waals surface area contributed by atoms with E-state index >= 15 is 0 Å². The lowest BCUT2D eigenvalue weighted by molar-refractivity contribution is 0.166. The van der Waals surface area contributed by atoms with Crippen molar-refractivity contribution >= 4 is 34.5 Å². The zero-order valence-corrected chi connectivity index (χ0v) is 22.4. The number of aromatic hydroxyl groups is 1. The molecule has 3 aromatic rings. The first-order valence-corrected chi connectivity index (χ1v) is 13.6. The van der Waals surface area contributed by atoms with Crippen LogP contribution in [0.25, 0.3) is 10.9 Å². The quantitative estimate of drug-likeness (QED) is 0.309. The minimum atomic E-state index is -1.02. The number of phenolic OH excluding ortho intramolecular Hbond substituents is 1. The zero-order valence-electron chi connectivity index (χ0n) is 21.6. The molecule has 37 heavy (non-hydrogen) atoms. The molecule has 1 aromatic heterocycles. The molecule has 1 saturated heterocycles. The molecule has 0 spiro atoms. The summed E-state index contributed by atoms with van der Waals surface area (Å²) in [5, 5.41) is 22.3. The fraction of sp³-hybridized carbons (Fsp3) is 0.414. The number of nitrogens with one attached hydrogen (secondary N) is 4. The molecule has 2 aromatic carbocycles. The van der Waals surface area contributed by atoms with Gasteiger partial charge in [0.15, 0.2) is 5.66 Å². The lowest BCUT2D eigenvalue weighted by atomic mass is 9.95. The van der Waals surface area contributed by atoms with Gasteiger partial charge in [0.25, 0.3) is 0 Å². The second kappa shape index (κ2) is 9.39. The fourth-order valence-corrected chi connectivity index (χ4v) is 6.17. The highest BCUT2D eigenvalue weighted by Crippen LogP contribution is 2.45. The minimum absolute atomic E-state index is 0.249. The molecular formula is C29H35ClN6O. The molecule has 5 N–H and O–H groups in total. The van der Waals surface area contributed by atoms with Gasteiger partial charge in [-0.25, -0.2) is 4.99 Å². The van der Waals surface area contributed by atoms with Crippen LogP contribution >= 0.6 is 11.6 Å². The molecule has 3 aliphatic rings. The number of benzene rings is 2. The lowest BCUT2D eigenvalue weighted by Gasteiger charge is -2.36. The van der Waals surface area contributed by atoms with Crippen LogP contribution < -0.4 is 16.0 Å². The van der Waals surface area contributed by atoms with E-state index in [0.717, 1.165) is 47.4 Å². The summed E-state index contributed by atoms with van der Waals surface area (Å²) in [4.78, 5) is 10.8. The summed E-state index contributed by atoms with van der Waals surface area (Å²) in [6.07, 6.45) is 7.84. The van der Waals surface area contributed by atoms with Crippen molar-refractivity contribution in [2.75, 3.05) is 18.4 Å². The summed E-state index contributed by atoms with van der Waals surface area (Å²) in [6, 6.07) is 11.6. The van der Waals surface area contributed by atoms with Crippen LogP contribution in [0.4, 0.5) is 5.69 Å². The van der Waals surface area contributed by atoms with E-state index in [-0.39, 0.29) is 5.75 Å². The topological polar surface area (TPSA) is 87.7 Å². The van der Waals surface area contributed by atoms with Crippen molar-refractivity contribution in [2.24, 2.45) is 4.99 Å². The summed E-state index contributed by atoms with van der Waals surface area (Å²) in [6.45, 7) is 9.38. The Bertz CT molecular complexity index is 1380. The van der Waals surface area contributed by atoms with Crippen molar-refractivity contribution in [1.82, 2.24) is 20.5 Å². The van der Waals surface area contributed by atoms with Gasteiger partial charge in [0.1, 0.15) is 5.75 Å². The summed E-state index contributed by atoms with van der Waals surface area (Å²) < 4.78 is 0. The Kier molecular flexibility index (Phi) is 6.18. The van der Waals surface area contributed by atoms with E-state index in [2.05, 4.69) is 57.9 Å². The summed E-state index contributed by atoms with van der Waals surface area (Å²) >= 11 is 6.93. The van der Waals surface area contributed by atoms with Gasteiger partial charge in [0.2, 0.25) is 0 Å². The molecule has 1 saturated carbocycles. The van der Waals surface area contributed by atoms with E-state index in [1.54, 1.807) is 18.6 Å². The molecule has 3 atom stereocenters. The average Bonchev–Trinajstić information content (AvgIpc) is 3.61. The number of nitrogens with zero attached hydrogens (tertiary/aromatic N) is 2. The third-order valence-electron chi connectivity index (χ3n) is 7.70. The number of anilines is 1. The molecule has 1 unspecified atom stereocenters. The van der Waals surface area contributed by atoms with Crippen molar-refractivity contribution in [1.29, 1.82) is 0 Å². The molecule has 0 bridgehead atoms. The van der Waals surface area contributed by atoms with Gasteiger partial charge in [-0.2, -0.15) is 0 Å². The molecule has 0 amide bonds. The maximum Gasteiger partial charge on any atom is 0.197 e. The number of phenols is 1. The number of aliphatic imine (C=N–C) groups is 1. The Hall–Kier alpha value is -3.00. The van der Waals surface area contributed by atoms with Crippen LogP contribution in [0.5, 0.6) is 5.75 Å². The van der Waals surface area contributed by atoms with Gasteiger partial charge in [-0.1, -0.05) is 17.7 Å². The van der Waals surface area contributed by atoms with E-state index in [9.17, 15) is 5.11 Å². The van der Waals surface area contributed by atoms with Crippen LogP contribution in [0.1, 0.15) is 54.9 Å². The third kappa shape index (κ3) is 4.72. The highest BCUT2D eigenvalue weighted by Gasteiger charge is 2.39. The Labute approximate surface area is 223 Å². The van der Waals surface area contributed by atoms with E-state index in [0.29, 0.717) is 23.0 Å². The number of rotatable bonds is 6. The van der Waals surface area contributed by atoms with Crippen molar-refractivity contribution in [3.8, 4) is 5.75 Å². The number of hydrogen-bond acceptors (Lipinski definition) is 6. The smallest absolute Gasteiger partial charge is 0.197 e. The van der Waals surface area contributed by atoms with Gasteiger partial charge in [-0.3, -0.25) is 4.90 Å². The number of piperazine rings is 1. The SMILES string of the molecule is Cc1cc2[nH]cc(C3(Nc4cc(CN5C[C@@H](C)N[C@@H](C)C5)cc(C5CC5)c4)N=CNC=C3Cl)c2cc1O. The molecular weight excluding hydrogens is 484 g/mol.